The van der Waals surface area contributed by atoms with Gasteiger partial charge in [-0.3, -0.25) is 0 Å². The smallest absolute Gasteiger partial charge is 0.356 e. The first-order valence-electron chi connectivity index (χ1n) is 9.65. The molecule has 2 aliphatic heterocycles. The number of aromatic nitrogens is 3. The Morgan fingerprint density at radius 3 is 2.66 bits per heavy atom. The Morgan fingerprint density at radius 1 is 1.28 bits per heavy atom. The van der Waals surface area contributed by atoms with Crippen molar-refractivity contribution in [3.05, 3.63) is 44.6 Å². The molecule has 9 heteroatoms. The van der Waals surface area contributed by atoms with E-state index in [0.29, 0.717) is 34.1 Å². The van der Waals surface area contributed by atoms with Crippen molar-refractivity contribution in [1.82, 2.24) is 14.5 Å². The van der Waals surface area contributed by atoms with Gasteiger partial charge in [0.05, 0.1) is 28.4 Å². The normalized spacial score (nSPS) is 23.5. The van der Waals surface area contributed by atoms with Crippen LogP contribution in [0.5, 0.6) is 0 Å². The molecule has 1 spiro atoms. The van der Waals surface area contributed by atoms with Crippen molar-refractivity contribution >= 4 is 35.4 Å². The Labute approximate surface area is 179 Å². The number of hydrogen-bond donors (Lipinski definition) is 1. The molecule has 3 heterocycles. The van der Waals surface area contributed by atoms with E-state index < -0.39 is 5.69 Å². The highest BCUT2D eigenvalue weighted by molar-refractivity contribution is 6.43. The Hall–Kier alpha value is -1.96. The molecule has 0 amide bonds. The second-order valence-electron chi connectivity index (χ2n) is 7.82. The lowest BCUT2D eigenvalue weighted by atomic mass is 9.69. The molecule has 2 saturated heterocycles. The fourth-order valence-corrected chi connectivity index (χ4v) is 4.89. The average Bonchev–Trinajstić information content (AvgIpc) is 3.00. The lowest BCUT2D eigenvalue weighted by molar-refractivity contribution is 0.0973. The SMILES string of the molecule is Cc1nc(N2CCC3(CC2)CO[C@@H](C)[C@H]3C=N)nc(=O)n1-c1cccc(Cl)c1Cl. The van der Waals surface area contributed by atoms with Crippen molar-refractivity contribution in [3.63, 3.8) is 0 Å². The Bertz CT molecular complexity index is 1000. The van der Waals surface area contributed by atoms with Crippen LogP contribution >= 0.6 is 23.2 Å². The maximum Gasteiger partial charge on any atom is 0.356 e. The van der Waals surface area contributed by atoms with Gasteiger partial charge in [0.15, 0.2) is 0 Å². The molecule has 0 aliphatic carbocycles. The Balaban J connectivity index is 1.59. The van der Waals surface area contributed by atoms with Crippen molar-refractivity contribution in [2.75, 3.05) is 24.6 Å². The van der Waals surface area contributed by atoms with E-state index in [1.54, 1.807) is 25.1 Å². The van der Waals surface area contributed by atoms with Gasteiger partial charge < -0.3 is 15.0 Å². The fraction of sp³-hybridized carbons (Fsp3) is 0.500. The largest absolute Gasteiger partial charge is 0.377 e. The van der Waals surface area contributed by atoms with Gasteiger partial charge in [0.1, 0.15) is 5.82 Å². The van der Waals surface area contributed by atoms with Gasteiger partial charge in [-0.05, 0) is 38.8 Å². The number of nitrogens with zero attached hydrogens (tertiary/aromatic N) is 4. The lowest BCUT2D eigenvalue weighted by Gasteiger charge is -2.41. The van der Waals surface area contributed by atoms with Crippen molar-refractivity contribution in [1.29, 1.82) is 5.41 Å². The van der Waals surface area contributed by atoms with Crippen molar-refractivity contribution in [2.45, 2.75) is 32.8 Å². The predicted octanol–water partition coefficient (Wildman–Crippen LogP) is 3.51. The maximum absolute atomic E-state index is 12.8. The summed E-state index contributed by atoms with van der Waals surface area (Å²) in [6.45, 7) is 5.91. The van der Waals surface area contributed by atoms with E-state index in [0.717, 1.165) is 25.9 Å². The number of ether oxygens (including phenoxy) is 1. The van der Waals surface area contributed by atoms with Crippen LogP contribution < -0.4 is 10.6 Å². The van der Waals surface area contributed by atoms with Crippen molar-refractivity contribution < 1.29 is 4.74 Å². The number of hydrogen-bond acceptors (Lipinski definition) is 6. The molecule has 1 aromatic heterocycles. The van der Waals surface area contributed by atoms with Crippen LogP contribution in [0.25, 0.3) is 5.69 Å². The van der Waals surface area contributed by atoms with Gasteiger partial charge in [-0.1, -0.05) is 29.3 Å². The van der Waals surface area contributed by atoms with Crippen LogP contribution in [0.4, 0.5) is 5.95 Å². The van der Waals surface area contributed by atoms with Gasteiger partial charge in [-0.2, -0.15) is 9.97 Å². The quantitative estimate of drug-likeness (QED) is 0.745. The molecule has 1 aromatic carbocycles. The number of benzene rings is 1. The summed E-state index contributed by atoms with van der Waals surface area (Å²) in [6.07, 6.45) is 3.36. The molecule has 2 aromatic rings. The molecule has 2 atom stereocenters. The fourth-order valence-electron chi connectivity index (χ4n) is 4.51. The van der Waals surface area contributed by atoms with Gasteiger partial charge in [0.2, 0.25) is 5.95 Å². The second-order valence-corrected chi connectivity index (χ2v) is 8.60. The third-order valence-electron chi connectivity index (χ3n) is 6.21. The zero-order valence-corrected chi connectivity index (χ0v) is 17.9. The summed E-state index contributed by atoms with van der Waals surface area (Å²) in [5.41, 5.74) is 0.0274. The van der Waals surface area contributed by atoms with Gasteiger partial charge >= 0.3 is 5.69 Å². The van der Waals surface area contributed by atoms with Gasteiger partial charge in [-0.15, -0.1) is 0 Å². The second kappa shape index (κ2) is 7.70. The zero-order chi connectivity index (χ0) is 20.8. The summed E-state index contributed by atoms with van der Waals surface area (Å²) < 4.78 is 7.21. The maximum atomic E-state index is 12.8. The minimum Gasteiger partial charge on any atom is -0.377 e. The highest BCUT2D eigenvalue weighted by atomic mass is 35.5. The molecule has 7 nitrogen and oxygen atoms in total. The minimum absolute atomic E-state index is 0.00396. The first-order chi connectivity index (χ1) is 13.9. The van der Waals surface area contributed by atoms with E-state index in [2.05, 4.69) is 9.97 Å². The summed E-state index contributed by atoms with van der Waals surface area (Å²) in [5.74, 6) is 1.06. The van der Waals surface area contributed by atoms with E-state index in [1.807, 2.05) is 11.8 Å². The van der Waals surface area contributed by atoms with Gasteiger partial charge in [-0.25, -0.2) is 9.36 Å². The standard InChI is InChI=1S/C20H23Cl2N5O2/c1-12-14(10-23)20(11-29-12)6-8-26(9-7-20)18-24-13(2)27(19(28)25-18)16-5-3-4-15(21)17(16)22/h3-5,10,12,14,23H,6-9,11H2,1-2H3/t12-,14+/m0/s1. The monoisotopic (exact) mass is 435 g/mol. The summed E-state index contributed by atoms with van der Waals surface area (Å²) in [4.78, 5) is 23.6. The van der Waals surface area contributed by atoms with E-state index in [9.17, 15) is 4.79 Å². The van der Waals surface area contributed by atoms with Crippen LogP contribution in [0.2, 0.25) is 10.0 Å². The third kappa shape index (κ3) is 3.45. The molecular weight excluding hydrogens is 413 g/mol. The molecule has 2 fully saturated rings. The van der Waals surface area contributed by atoms with Crippen LogP contribution in [0, 0.1) is 23.7 Å². The van der Waals surface area contributed by atoms with Crippen LogP contribution in [-0.2, 0) is 4.74 Å². The molecule has 0 radical (unpaired) electrons. The summed E-state index contributed by atoms with van der Waals surface area (Å²) in [7, 11) is 0. The van der Waals surface area contributed by atoms with Crippen LogP contribution in [-0.4, -0.2) is 46.6 Å². The molecule has 0 unspecified atom stereocenters. The summed E-state index contributed by atoms with van der Waals surface area (Å²) in [6, 6.07) is 5.12. The molecule has 2 aliphatic rings. The number of rotatable bonds is 3. The van der Waals surface area contributed by atoms with Gasteiger partial charge in [0, 0.05) is 30.6 Å². The number of nitrogens with one attached hydrogen (secondary N) is 1. The van der Waals surface area contributed by atoms with E-state index in [4.69, 9.17) is 33.3 Å². The third-order valence-corrected chi connectivity index (χ3v) is 7.02. The first kappa shape index (κ1) is 20.3. The molecule has 0 bridgehead atoms. The first-order valence-corrected chi connectivity index (χ1v) is 10.4. The minimum atomic E-state index is -0.438. The number of anilines is 1. The lowest BCUT2D eigenvalue weighted by Crippen LogP contribution is -2.46. The molecule has 1 N–H and O–H groups in total. The van der Waals surface area contributed by atoms with Gasteiger partial charge in [0.25, 0.3) is 0 Å². The predicted molar refractivity (Wildman–Crippen MR) is 114 cm³/mol. The van der Waals surface area contributed by atoms with Crippen LogP contribution in [0.3, 0.4) is 0 Å². The average molecular weight is 436 g/mol. The topological polar surface area (TPSA) is 84.1 Å². The van der Waals surface area contributed by atoms with Crippen LogP contribution in [0.1, 0.15) is 25.6 Å². The van der Waals surface area contributed by atoms with Crippen molar-refractivity contribution in [3.8, 4) is 5.69 Å². The Morgan fingerprint density at radius 2 is 2.00 bits per heavy atom. The van der Waals surface area contributed by atoms with E-state index >= 15 is 0 Å². The number of piperidine rings is 1. The Kier molecular flexibility index (Phi) is 5.40. The summed E-state index contributed by atoms with van der Waals surface area (Å²) >= 11 is 12.4. The van der Waals surface area contributed by atoms with Crippen molar-refractivity contribution in [2.24, 2.45) is 11.3 Å². The molecule has 154 valence electrons. The zero-order valence-electron chi connectivity index (χ0n) is 16.4. The molecular formula is C20H23Cl2N5O2. The number of halogens is 2. The summed E-state index contributed by atoms with van der Waals surface area (Å²) in [5, 5.41) is 8.46. The highest BCUT2D eigenvalue weighted by Crippen LogP contribution is 2.45. The van der Waals surface area contributed by atoms with E-state index in [-0.39, 0.29) is 17.4 Å². The van der Waals surface area contributed by atoms with E-state index in [1.165, 1.54) is 10.8 Å². The molecule has 29 heavy (non-hydrogen) atoms. The molecule has 0 saturated carbocycles. The number of aryl methyl sites for hydroxylation is 1. The highest BCUT2D eigenvalue weighted by Gasteiger charge is 2.48. The molecule has 4 rings (SSSR count). The van der Waals surface area contributed by atoms with Crippen LogP contribution in [0.15, 0.2) is 23.0 Å².